The molecule has 0 N–H and O–H groups in total. The highest BCUT2D eigenvalue weighted by atomic mass is 79.9. The van der Waals surface area contributed by atoms with Crippen LogP contribution in [0.1, 0.15) is 50.0 Å². The Labute approximate surface area is 205 Å². The Hall–Kier alpha value is -2.75. The minimum atomic E-state index is -0.714. The Bertz CT molecular complexity index is 1510. The number of Topliss-reactive ketones (excluding diaryl/α,β-unsaturated/α-hetero) is 1. The van der Waals surface area contributed by atoms with Crippen LogP contribution in [0.4, 0.5) is 5.13 Å². The third-order valence-corrected chi connectivity index (χ3v) is 8.07. The predicted molar refractivity (Wildman–Crippen MR) is 134 cm³/mol. The Morgan fingerprint density at radius 1 is 1.18 bits per heavy atom. The zero-order valence-corrected chi connectivity index (χ0v) is 21.1. The summed E-state index contributed by atoms with van der Waals surface area (Å²) in [4.78, 5) is 46.9. The highest BCUT2D eigenvalue weighted by Crippen LogP contribution is 2.43. The molecule has 4 aromatic rings. The van der Waals surface area contributed by atoms with Crippen LogP contribution in [0.3, 0.4) is 0 Å². The molecule has 3 heterocycles. The van der Waals surface area contributed by atoms with Gasteiger partial charge in [0.1, 0.15) is 5.58 Å². The fourth-order valence-corrected chi connectivity index (χ4v) is 5.81. The van der Waals surface area contributed by atoms with Crippen LogP contribution >= 0.6 is 39.0 Å². The molecular weight excluding hydrogens is 524 g/mol. The van der Waals surface area contributed by atoms with Gasteiger partial charge in [-0.25, -0.2) is 4.98 Å². The van der Waals surface area contributed by atoms with Crippen LogP contribution in [0.25, 0.3) is 11.0 Å². The Morgan fingerprint density at radius 3 is 2.55 bits per heavy atom. The molecule has 0 spiro atoms. The largest absolute Gasteiger partial charge is 0.450 e. The van der Waals surface area contributed by atoms with Gasteiger partial charge in [-0.15, -0.1) is 11.8 Å². The molecule has 1 atom stereocenters. The van der Waals surface area contributed by atoms with Crippen molar-refractivity contribution in [2.75, 3.05) is 11.2 Å². The summed E-state index contributed by atoms with van der Waals surface area (Å²) >= 11 is 6.16. The van der Waals surface area contributed by atoms with Gasteiger partial charge in [0.2, 0.25) is 5.76 Å². The second-order valence-corrected chi connectivity index (χ2v) is 10.4. The van der Waals surface area contributed by atoms with Gasteiger partial charge in [0.05, 0.1) is 27.6 Å². The van der Waals surface area contributed by atoms with Crippen LogP contribution in [0.5, 0.6) is 0 Å². The van der Waals surface area contributed by atoms with Crippen molar-refractivity contribution in [3.63, 3.8) is 0 Å². The van der Waals surface area contributed by atoms with Crippen molar-refractivity contribution in [2.45, 2.75) is 24.8 Å². The lowest BCUT2D eigenvalue weighted by atomic mass is 9.99. The van der Waals surface area contributed by atoms with Crippen molar-refractivity contribution in [3.8, 4) is 0 Å². The van der Waals surface area contributed by atoms with Crippen molar-refractivity contribution < 1.29 is 14.0 Å². The maximum Gasteiger partial charge on any atom is 0.297 e. The van der Waals surface area contributed by atoms with E-state index >= 15 is 0 Å². The lowest BCUT2D eigenvalue weighted by molar-refractivity contribution is 0.0969. The number of nitrogens with zero attached hydrogens (tertiary/aromatic N) is 2. The molecule has 2 aromatic heterocycles. The first-order valence-electron chi connectivity index (χ1n) is 10.0. The molecule has 1 amide bonds. The van der Waals surface area contributed by atoms with Crippen molar-refractivity contribution in [1.29, 1.82) is 0 Å². The van der Waals surface area contributed by atoms with Gasteiger partial charge in [0.15, 0.2) is 16.3 Å². The Balaban J connectivity index is 1.79. The van der Waals surface area contributed by atoms with E-state index in [1.807, 2.05) is 30.5 Å². The number of fused-ring (bicyclic) bond motifs is 2. The van der Waals surface area contributed by atoms with Crippen LogP contribution in [0.15, 0.2) is 61.0 Å². The van der Waals surface area contributed by atoms with E-state index in [9.17, 15) is 14.4 Å². The zero-order valence-electron chi connectivity index (χ0n) is 17.8. The van der Waals surface area contributed by atoms with Crippen LogP contribution in [-0.2, 0) is 0 Å². The van der Waals surface area contributed by atoms with Crippen LogP contribution in [0, 0.1) is 6.92 Å². The summed E-state index contributed by atoms with van der Waals surface area (Å²) < 4.78 is 6.72. The van der Waals surface area contributed by atoms with Gasteiger partial charge >= 0.3 is 0 Å². The van der Waals surface area contributed by atoms with Crippen molar-refractivity contribution >= 4 is 66.8 Å². The number of thioether (sulfide) groups is 1. The van der Waals surface area contributed by atoms with Crippen LogP contribution < -0.4 is 10.3 Å². The number of halogens is 1. The fraction of sp³-hybridized carbons (Fsp3) is 0.167. The maximum absolute atomic E-state index is 13.6. The van der Waals surface area contributed by atoms with E-state index in [1.165, 1.54) is 11.8 Å². The number of aryl methyl sites for hydroxylation is 1. The quantitative estimate of drug-likeness (QED) is 0.233. The molecule has 0 saturated carbocycles. The average molecular weight is 541 g/mol. The first kappa shape index (κ1) is 22.1. The summed E-state index contributed by atoms with van der Waals surface area (Å²) in [5.41, 5.74) is 1.67. The maximum atomic E-state index is 13.6. The topological polar surface area (TPSA) is 80.5 Å². The molecule has 9 heteroatoms. The lowest BCUT2D eigenvalue weighted by Gasteiger charge is -2.22. The summed E-state index contributed by atoms with van der Waals surface area (Å²) in [6.45, 7) is 3.21. The molecule has 1 unspecified atom stereocenters. The molecule has 0 fully saturated rings. The van der Waals surface area contributed by atoms with Gasteiger partial charge in [-0.1, -0.05) is 39.4 Å². The fourth-order valence-electron chi connectivity index (χ4n) is 4.06. The van der Waals surface area contributed by atoms with E-state index in [0.29, 0.717) is 26.7 Å². The molecule has 6 nitrogen and oxygen atoms in total. The van der Waals surface area contributed by atoms with Gasteiger partial charge in [0.25, 0.3) is 5.91 Å². The first-order valence-corrected chi connectivity index (χ1v) is 12.9. The van der Waals surface area contributed by atoms with Crippen molar-refractivity contribution in [3.05, 3.63) is 84.6 Å². The summed E-state index contributed by atoms with van der Waals surface area (Å²) in [6.07, 6.45) is 1.98. The summed E-state index contributed by atoms with van der Waals surface area (Å²) in [5, 5.41) is 0.751. The highest BCUT2D eigenvalue weighted by Gasteiger charge is 2.45. The number of amides is 1. The molecule has 2 aromatic carbocycles. The number of aromatic nitrogens is 1. The smallest absolute Gasteiger partial charge is 0.297 e. The second-order valence-electron chi connectivity index (χ2n) is 7.63. The number of thiazole rings is 1. The molecule has 0 radical (unpaired) electrons. The molecule has 1 aliphatic heterocycles. The van der Waals surface area contributed by atoms with E-state index in [-0.39, 0.29) is 22.5 Å². The van der Waals surface area contributed by atoms with E-state index in [4.69, 9.17) is 4.42 Å². The molecule has 166 valence electrons. The summed E-state index contributed by atoms with van der Waals surface area (Å²) in [5.74, 6) is -0.563. The molecule has 1 aliphatic rings. The average Bonchev–Trinajstić information content (AvgIpc) is 3.32. The number of carbonyl (C=O) groups excluding carboxylic acids is 2. The van der Waals surface area contributed by atoms with Crippen molar-refractivity contribution in [2.24, 2.45) is 0 Å². The highest BCUT2D eigenvalue weighted by molar-refractivity contribution is 9.10. The van der Waals surface area contributed by atoms with Gasteiger partial charge in [-0.3, -0.25) is 19.3 Å². The number of hydrogen-bond donors (Lipinski definition) is 0. The second kappa shape index (κ2) is 8.23. The van der Waals surface area contributed by atoms with Crippen molar-refractivity contribution in [1.82, 2.24) is 4.98 Å². The van der Waals surface area contributed by atoms with E-state index in [1.54, 1.807) is 36.9 Å². The first-order chi connectivity index (χ1) is 15.8. The number of rotatable bonds is 4. The molecule has 5 rings (SSSR count). The molecule has 0 saturated heterocycles. The predicted octanol–water partition coefficient (Wildman–Crippen LogP) is 5.99. The van der Waals surface area contributed by atoms with Crippen LogP contribution in [0.2, 0.25) is 0 Å². The van der Waals surface area contributed by atoms with Gasteiger partial charge in [-0.05, 0) is 49.1 Å². The van der Waals surface area contributed by atoms with E-state index in [2.05, 4.69) is 20.9 Å². The SMILES string of the molecule is CSc1ccc(C2c3c(oc4ccc(Br)cc4c3=O)C(=O)N2c2nc(C)c(C(C)=O)s2)cc1. The molecular formula is C24H17BrN2O4S2. The minimum absolute atomic E-state index is 0.00555. The lowest BCUT2D eigenvalue weighted by Crippen LogP contribution is -2.29. The summed E-state index contributed by atoms with van der Waals surface area (Å²) in [6, 6.07) is 12.1. The van der Waals surface area contributed by atoms with E-state index in [0.717, 1.165) is 26.3 Å². The normalized spacial score (nSPS) is 15.3. The minimum Gasteiger partial charge on any atom is -0.450 e. The summed E-state index contributed by atoms with van der Waals surface area (Å²) in [7, 11) is 0. The number of carbonyl (C=O) groups is 2. The van der Waals surface area contributed by atoms with Gasteiger partial charge < -0.3 is 4.42 Å². The number of ketones is 1. The molecule has 0 bridgehead atoms. The number of hydrogen-bond acceptors (Lipinski definition) is 7. The van der Waals surface area contributed by atoms with Gasteiger partial charge in [0, 0.05) is 16.3 Å². The standard InChI is InChI=1S/C24H17BrN2O4S2/c1-11-22(12(2)28)33-24(26-11)27-19(13-4-7-15(32-3)8-5-13)18-20(29)16-10-14(25)6-9-17(16)31-21(18)23(27)30/h4-10,19H,1-3H3. The molecule has 0 aliphatic carbocycles. The molecule has 33 heavy (non-hydrogen) atoms. The third kappa shape index (κ3) is 3.55. The Morgan fingerprint density at radius 2 is 1.91 bits per heavy atom. The number of anilines is 1. The van der Waals surface area contributed by atoms with E-state index < -0.39 is 11.9 Å². The van der Waals surface area contributed by atoms with Gasteiger partial charge in [-0.2, -0.15) is 0 Å². The number of benzene rings is 2. The monoisotopic (exact) mass is 540 g/mol. The van der Waals surface area contributed by atoms with Crippen LogP contribution in [-0.4, -0.2) is 22.9 Å². The Kier molecular flexibility index (Phi) is 5.50. The third-order valence-electron chi connectivity index (χ3n) is 5.57. The zero-order chi connectivity index (χ0) is 23.4.